The highest BCUT2D eigenvalue weighted by molar-refractivity contribution is 9.10. The summed E-state index contributed by atoms with van der Waals surface area (Å²) in [6.07, 6.45) is 3.14. The van der Waals surface area contributed by atoms with Crippen molar-refractivity contribution in [3.63, 3.8) is 0 Å². The molecule has 0 fully saturated rings. The molecule has 1 aromatic carbocycles. The van der Waals surface area contributed by atoms with Gasteiger partial charge in [-0.25, -0.2) is 0 Å². The summed E-state index contributed by atoms with van der Waals surface area (Å²) in [6.45, 7) is 3.75. The van der Waals surface area contributed by atoms with Gasteiger partial charge in [-0.15, -0.1) is 0 Å². The molecule has 0 bridgehead atoms. The number of ether oxygens (including phenoxy) is 2. The number of hydrogen-bond donors (Lipinski definition) is 1. The van der Waals surface area contributed by atoms with E-state index in [0.717, 1.165) is 41.1 Å². The number of rotatable bonds is 5. The highest BCUT2D eigenvalue weighted by Gasteiger charge is 2.22. The zero-order chi connectivity index (χ0) is 13.0. The van der Waals surface area contributed by atoms with E-state index in [1.54, 1.807) is 7.11 Å². The second-order valence-corrected chi connectivity index (χ2v) is 4.98. The minimum absolute atomic E-state index is 0.0852. The van der Waals surface area contributed by atoms with Crippen LogP contribution in [-0.2, 0) is 4.74 Å². The number of halogens is 1. The van der Waals surface area contributed by atoms with Crippen molar-refractivity contribution < 1.29 is 9.47 Å². The van der Waals surface area contributed by atoms with E-state index in [4.69, 9.17) is 9.47 Å². The van der Waals surface area contributed by atoms with E-state index >= 15 is 0 Å². The third kappa shape index (κ3) is 2.87. The summed E-state index contributed by atoms with van der Waals surface area (Å²) in [6, 6.07) is 6.08. The molecule has 1 aromatic rings. The maximum atomic E-state index is 5.69. The first-order valence-corrected chi connectivity index (χ1v) is 6.95. The van der Waals surface area contributed by atoms with E-state index in [2.05, 4.69) is 34.2 Å². The summed E-state index contributed by atoms with van der Waals surface area (Å²) >= 11 is 3.60. The molecule has 1 atom stereocenters. The molecule has 1 aliphatic rings. The molecule has 0 saturated carbocycles. The third-order valence-electron chi connectivity index (χ3n) is 2.94. The van der Waals surface area contributed by atoms with Crippen molar-refractivity contribution >= 4 is 15.9 Å². The van der Waals surface area contributed by atoms with Gasteiger partial charge in [-0.2, -0.15) is 0 Å². The van der Waals surface area contributed by atoms with Crippen LogP contribution in [0.4, 0.5) is 0 Å². The topological polar surface area (TPSA) is 30.5 Å². The van der Waals surface area contributed by atoms with Gasteiger partial charge in [0.15, 0.2) is 0 Å². The van der Waals surface area contributed by atoms with Gasteiger partial charge >= 0.3 is 0 Å². The Bertz CT molecular complexity index is 445. The number of methoxy groups -OCH3 is 1. The smallest absolute Gasteiger partial charge is 0.119 e. The van der Waals surface area contributed by atoms with E-state index < -0.39 is 0 Å². The quantitative estimate of drug-likeness (QED) is 0.904. The van der Waals surface area contributed by atoms with Crippen LogP contribution in [0.2, 0.25) is 0 Å². The predicted octanol–water partition coefficient (Wildman–Crippen LogP) is 3.41. The summed E-state index contributed by atoms with van der Waals surface area (Å²) in [4.78, 5) is 0. The van der Waals surface area contributed by atoms with Gasteiger partial charge in [0, 0.05) is 10.9 Å². The van der Waals surface area contributed by atoms with Crippen LogP contribution in [-0.4, -0.2) is 20.3 Å². The largest absolute Gasteiger partial charge is 0.497 e. The van der Waals surface area contributed by atoms with Crippen molar-refractivity contribution in [1.29, 1.82) is 0 Å². The molecule has 1 aliphatic heterocycles. The second-order valence-electron chi connectivity index (χ2n) is 4.12. The number of likely N-dealkylation sites (N-methyl/N-ethyl adjacent to an activating group) is 1. The average Bonchev–Trinajstić information content (AvgIpc) is 2.91. The Kier molecular flexibility index (Phi) is 4.66. The SMILES string of the molecule is CCNC(C1=CCCO1)c1cc(OC)ccc1Br. The molecule has 0 radical (unpaired) electrons. The van der Waals surface area contributed by atoms with Crippen LogP contribution in [0, 0.1) is 0 Å². The Hall–Kier alpha value is -1.00. The summed E-state index contributed by atoms with van der Waals surface area (Å²) < 4.78 is 12.0. The summed E-state index contributed by atoms with van der Waals surface area (Å²) in [7, 11) is 1.68. The summed E-state index contributed by atoms with van der Waals surface area (Å²) in [5.74, 6) is 1.86. The van der Waals surface area contributed by atoms with Gasteiger partial charge in [0.2, 0.25) is 0 Å². The Morgan fingerprint density at radius 3 is 2.94 bits per heavy atom. The van der Waals surface area contributed by atoms with E-state index in [0.29, 0.717) is 0 Å². The zero-order valence-corrected chi connectivity index (χ0v) is 12.3. The van der Waals surface area contributed by atoms with Crippen molar-refractivity contribution in [2.24, 2.45) is 0 Å². The lowest BCUT2D eigenvalue weighted by Crippen LogP contribution is -2.23. The van der Waals surface area contributed by atoms with Crippen LogP contribution in [0.3, 0.4) is 0 Å². The molecular formula is C14H18BrNO2. The molecular weight excluding hydrogens is 294 g/mol. The molecule has 0 spiro atoms. The van der Waals surface area contributed by atoms with E-state index in [1.165, 1.54) is 0 Å². The summed E-state index contributed by atoms with van der Waals surface area (Å²) in [5, 5.41) is 3.45. The molecule has 1 heterocycles. The number of nitrogens with one attached hydrogen (secondary N) is 1. The van der Waals surface area contributed by atoms with Crippen LogP contribution in [0.25, 0.3) is 0 Å². The Morgan fingerprint density at radius 2 is 2.33 bits per heavy atom. The van der Waals surface area contributed by atoms with Crippen molar-refractivity contribution in [2.45, 2.75) is 19.4 Å². The monoisotopic (exact) mass is 311 g/mol. The van der Waals surface area contributed by atoms with Gasteiger partial charge in [0.1, 0.15) is 11.5 Å². The number of benzene rings is 1. The van der Waals surface area contributed by atoms with Crippen molar-refractivity contribution in [1.82, 2.24) is 5.32 Å². The first-order chi connectivity index (χ1) is 8.76. The maximum absolute atomic E-state index is 5.69. The molecule has 98 valence electrons. The molecule has 18 heavy (non-hydrogen) atoms. The lowest BCUT2D eigenvalue weighted by atomic mass is 10.0. The molecule has 3 nitrogen and oxygen atoms in total. The first kappa shape index (κ1) is 13.4. The van der Waals surface area contributed by atoms with Crippen LogP contribution in [0.5, 0.6) is 5.75 Å². The highest BCUT2D eigenvalue weighted by Crippen LogP contribution is 2.33. The molecule has 1 N–H and O–H groups in total. The fraction of sp³-hybridized carbons (Fsp3) is 0.429. The van der Waals surface area contributed by atoms with Crippen molar-refractivity contribution in [3.8, 4) is 5.75 Å². The predicted molar refractivity (Wildman–Crippen MR) is 75.8 cm³/mol. The minimum Gasteiger partial charge on any atom is -0.497 e. The Morgan fingerprint density at radius 1 is 1.50 bits per heavy atom. The lowest BCUT2D eigenvalue weighted by molar-refractivity contribution is 0.215. The molecule has 4 heteroatoms. The molecule has 0 aliphatic carbocycles. The van der Waals surface area contributed by atoms with Crippen LogP contribution in [0.1, 0.15) is 24.9 Å². The van der Waals surface area contributed by atoms with E-state index in [1.807, 2.05) is 18.2 Å². The first-order valence-electron chi connectivity index (χ1n) is 6.16. The molecule has 0 amide bonds. The third-order valence-corrected chi connectivity index (χ3v) is 3.66. The second kappa shape index (κ2) is 6.25. The average molecular weight is 312 g/mol. The molecule has 1 unspecified atom stereocenters. The van der Waals surface area contributed by atoms with Gasteiger partial charge in [-0.3, -0.25) is 0 Å². The normalized spacial score (nSPS) is 16.1. The lowest BCUT2D eigenvalue weighted by Gasteiger charge is -2.21. The minimum atomic E-state index is 0.0852. The van der Waals surface area contributed by atoms with Gasteiger partial charge in [0.05, 0.1) is 19.8 Å². The van der Waals surface area contributed by atoms with Crippen molar-refractivity contribution in [2.75, 3.05) is 20.3 Å². The highest BCUT2D eigenvalue weighted by atomic mass is 79.9. The van der Waals surface area contributed by atoms with Crippen LogP contribution >= 0.6 is 15.9 Å². The van der Waals surface area contributed by atoms with Crippen LogP contribution < -0.4 is 10.1 Å². The van der Waals surface area contributed by atoms with Crippen LogP contribution in [0.15, 0.2) is 34.5 Å². The maximum Gasteiger partial charge on any atom is 0.119 e. The van der Waals surface area contributed by atoms with Gasteiger partial charge in [-0.1, -0.05) is 22.9 Å². The van der Waals surface area contributed by atoms with Crippen molar-refractivity contribution in [3.05, 3.63) is 40.1 Å². The molecule has 2 rings (SSSR count). The fourth-order valence-electron chi connectivity index (χ4n) is 2.08. The zero-order valence-electron chi connectivity index (χ0n) is 10.7. The molecule has 0 aromatic heterocycles. The summed E-state index contributed by atoms with van der Waals surface area (Å²) in [5.41, 5.74) is 1.14. The Labute approximate surface area is 116 Å². The molecule has 0 saturated heterocycles. The van der Waals surface area contributed by atoms with Gasteiger partial charge in [0.25, 0.3) is 0 Å². The Balaban J connectivity index is 2.34. The standard InChI is InChI=1S/C14H18BrNO2/c1-3-16-14(13-5-4-8-18-13)11-9-10(17-2)6-7-12(11)15/h5-7,9,14,16H,3-4,8H2,1-2H3. The number of hydrogen-bond acceptors (Lipinski definition) is 3. The van der Waals surface area contributed by atoms with E-state index in [9.17, 15) is 0 Å². The van der Waals surface area contributed by atoms with Gasteiger partial charge in [-0.05, 0) is 36.4 Å². The van der Waals surface area contributed by atoms with Gasteiger partial charge < -0.3 is 14.8 Å². The van der Waals surface area contributed by atoms with E-state index in [-0.39, 0.29) is 6.04 Å². The fourth-order valence-corrected chi connectivity index (χ4v) is 2.55.